The fourth-order valence-electron chi connectivity index (χ4n) is 2.67. The van der Waals surface area contributed by atoms with Crippen molar-refractivity contribution >= 4 is 40.8 Å². The maximum absolute atomic E-state index is 12.2. The van der Waals surface area contributed by atoms with Crippen LogP contribution in [0.4, 0.5) is 5.69 Å². The molecule has 3 atom stereocenters. The van der Waals surface area contributed by atoms with Gasteiger partial charge in [0.15, 0.2) is 0 Å². The first-order valence-electron chi connectivity index (χ1n) is 6.37. The topological polar surface area (TPSA) is 66.4 Å². The molecular weight excluding hydrogens is 301 g/mol. The number of carbonyl (C=O) groups excluding carboxylic acids is 1. The van der Waals surface area contributed by atoms with Gasteiger partial charge in [-0.3, -0.25) is 9.59 Å². The number of aliphatic carboxylic acids is 1. The first-order chi connectivity index (χ1) is 9.38. The quantitative estimate of drug-likeness (QED) is 0.894. The van der Waals surface area contributed by atoms with Crippen LogP contribution < -0.4 is 5.32 Å². The van der Waals surface area contributed by atoms with Crippen molar-refractivity contribution in [2.24, 2.45) is 17.8 Å². The Kier molecular flexibility index (Phi) is 4.55. The summed E-state index contributed by atoms with van der Waals surface area (Å²) >= 11 is 11.8. The number of rotatable bonds is 3. The van der Waals surface area contributed by atoms with Gasteiger partial charge in [0.2, 0.25) is 5.91 Å². The number of benzene rings is 1. The Balaban J connectivity index is 2.13. The molecule has 2 N–H and O–H groups in total. The van der Waals surface area contributed by atoms with E-state index in [2.05, 4.69) is 5.32 Å². The summed E-state index contributed by atoms with van der Waals surface area (Å²) in [5, 5.41) is 12.7. The van der Waals surface area contributed by atoms with E-state index in [1.165, 1.54) is 6.07 Å². The predicted octanol–water partition coefficient (Wildman–Crippen LogP) is 3.68. The van der Waals surface area contributed by atoms with Gasteiger partial charge in [0.1, 0.15) is 0 Å². The highest BCUT2D eigenvalue weighted by molar-refractivity contribution is 6.36. The fraction of sp³-hybridized carbons (Fsp3) is 0.429. The van der Waals surface area contributed by atoms with E-state index in [0.29, 0.717) is 28.6 Å². The summed E-state index contributed by atoms with van der Waals surface area (Å²) in [5.41, 5.74) is 0.449. The minimum atomic E-state index is -0.920. The molecule has 0 radical (unpaired) electrons. The van der Waals surface area contributed by atoms with Crippen molar-refractivity contribution in [2.45, 2.75) is 19.8 Å². The standard InChI is InChI=1S/C14H15Cl2NO3/c1-7-4-9(10(5-7)14(19)20)13(18)17-12-3-2-8(15)6-11(12)16/h2-3,6-7,9-10H,4-5H2,1H3,(H,17,18)(H,19,20). The summed E-state index contributed by atoms with van der Waals surface area (Å²) < 4.78 is 0. The Hall–Kier alpha value is -1.26. The molecular formula is C14H15Cl2NO3. The van der Waals surface area contributed by atoms with Gasteiger partial charge >= 0.3 is 5.97 Å². The Bertz CT molecular complexity index is 547. The van der Waals surface area contributed by atoms with Gasteiger partial charge in [-0.05, 0) is 37.0 Å². The van der Waals surface area contributed by atoms with Crippen LogP contribution in [0, 0.1) is 17.8 Å². The number of hydrogen-bond donors (Lipinski definition) is 2. The average Bonchev–Trinajstić information content (AvgIpc) is 2.75. The summed E-state index contributed by atoms with van der Waals surface area (Å²) in [4.78, 5) is 23.4. The molecule has 1 aromatic rings. The summed E-state index contributed by atoms with van der Waals surface area (Å²) in [6, 6.07) is 4.76. The summed E-state index contributed by atoms with van der Waals surface area (Å²) in [6.45, 7) is 1.96. The Labute approximate surface area is 127 Å². The molecule has 6 heteroatoms. The van der Waals surface area contributed by atoms with Gasteiger partial charge < -0.3 is 10.4 Å². The highest BCUT2D eigenvalue weighted by Gasteiger charge is 2.41. The van der Waals surface area contributed by atoms with Gasteiger partial charge in [-0.2, -0.15) is 0 Å². The lowest BCUT2D eigenvalue weighted by atomic mass is 9.95. The molecule has 2 rings (SSSR count). The van der Waals surface area contributed by atoms with Crippen molar-refractivity contribution in [3.63, 3.8) is 0 Å². The number of hydrogen-bond acceptors (Lipinski definition) is 2. The third-order valence-corrected chi connectivity index (χ3v) is 4.19. The Morgan fingerprint density at radius 1 is 1.25 bits per heavy atom. The van der Waals surface area contributed by atoms with Crippen molar-refractivity contribution in [1.82, 2.24) is 0 Å². The molecule has 0 aromatic heterocycles. The van der Waals surface area contributed by atoms with Gasteiger partial charge in [-0.15, -0.1) is 0 Å². The minimum Gasteiger partial charge on any atom is -0.481 e. The van der Waals surface area contributed by atoms with Gasteiger partial charge in [0.25, 0.3) is 0 Å². The van der Waals surface area contributed by atoms with Crippen molar-refractivity contribution < 1.29 is 14.7 Å². The van der Waals surface area contributed by atoms with E-state index in [4.69, 9.17) is 23.2 Å². The lowest BCUT2D eigenvalue weighted by Gasteiger charge is -2.16. The second kappa shape index (κ2) is 6.02. The first kappa shape index (κ1) is 15.1. The lowest BCUT2D eigenvalue weighted by molar-refractivity contribution is -0.145. The van der Waals surface area contributed by atoms with Crippen LogP contribution in [0.1, 0.15) is 19.8 Å². The van der Waals surface area contributed by atoms with E-state index in [1.807, 2.05) is 6.92 Å². The van der Waals surface area contributed by atoms with Gasteiger partial charge in [-0.25, -0.2) is 0 Å². The van der Waals surface area contributed by atoms with Crippen molar-refractivity contribution in [1.29, 1.82) is 0 Å². The number of carbonyl (C=O) groups is 2. The van der Waals surface area contributed by atoms with Crippen LogP contribution in [0.2, 0.25) is 10.0 Å². The van der Waals surface area contributed by atoms with E-state index in [-0.39, 0.29) is 11.8 Å². The molecule has 1 aliphatic carbocycles. The largest absolute Gasteiger partial charge is 0.481 e. The zero-order valence-corrected chi connectivity index (χ0v) is 12.4. The smallest absolute Gasteiger partial charge is 0.307 e. The van der Waals surface area contributed by atoms with Crippen molar-refractivity contribution in [3.8, 4) is 0 Å². The van der Waals surface area contributed by atoms with E-state index in [0.717, 1.165) is 0 Å². The minimum absolute atomic E-state index is 0.229. The normalized spacial score (nSPS) is 25.4. The molecule has 0 aliphatic heterocycles. The van der Waals surface area contributed by atoms with Crippen LogP contribution in [0.15, 0.2) is 18.2 Å². The Morgan fingerprint density at radius 2 is 1.90 bits per heavy atom. The SMILES string of the molecule is CC1CC(C(=O)O)C(C(=O)Nc2ccc(Cl)cc2Cl)C1. The molecule has 0 bridgehead atoms. The third kappa shape index (κ3) is 3.25. The van der Waals surface area contributed by atoms with Crippen molar-refractivity contribution in [3.05, 3.63) is 28.2 Å². The third-order valence-electron chi connectivity index (χ3n) is 3.64. The first-order valence-corrected chi connectivity index (χ1v) is 7.12. The maximum Gasteiger partial charge on any atom is 0.307 e. The predicted molar refractivity (Wildman–Crippen MR) is 78.1 cm³/mol. The number of halogens is 2. The lowest BCUT2D eigenvalue weighted by Crippen LogP contribution is -2.30. The highest BCUT2D eigenvalue weighted by atomic mass is 35.5. The number of carboxylic acids is 1. The molecule has 0 spiro atoms. The molecule has 0 saturated heterocycles. The van der Waals surface area contributed by atoms with Crippen molar-refractivity contribution in [2.75, 3.05) is 5.32 Å². The zero-order chi connectivity index (χ0) is 14.9. The molecule has 3 unspecified atom stereocenters. The van der Waals surface area contributed by atoms with Crippen LogP contribution in [-0.4, -0.2) is 17.0 Å². The van der Waals surface area contributed by atoms with E-state index >= 15 is 0 Å². The molecule has 4 nitrogen and oxygen atoms in total. The van der Waals surface area contributed by atoms with Gasteiger partial charge in [-0.1, -0.05) is 30.1 Å². The summed E-state index contributed by atoms with van der Waals surface area (Å²) in [7, 11) is 0. The monoisotopic (exact) mass is 315 g/mol. The highest BCUT2D eigenvalue weighted by Crippen LogP contribution is 2.37. The van der Waals surface area contributed by atoms with Crippen LogP contribution >= 0.6 is 23.2 Å². The summed E-state index contributed by atoms with van der Waals surface area (Å²) in [5.74, 6) is -2.14. The molecule has 1 aromatic carbocycles. The maximum atomic E-state index is 12.2. The molecule has 1 saturated carbocycles. The zero-order valence-electron chi connectivity index (χ0n) is 10.9. The molecule has 0 heterocycles. The van der Waals surface area contributed by atoms with Gasteiger partial charge in [0.05, 0.1) is 22.5 Å². The van der Waals surface area contributed by atoms with E-state index in [1.54, 1.807) is 12.1 Å². The number of nitrogens with one attached hydrogen (secondary N) is 1. The molecule has 1 aliphatic rings. The Morgan fingerprint density at radius 3 is 2.50 bits per heavy atom. The van der Waals surface area contributed by atoms with Gasteiger partial charge in [0, 0.05) is 5.02 Å². The second-order valence-electron chi connectivity index (χ2n) is 5.24. The average molecular weight is 316 g/mol. The number of amides is 1. The van der Waals surface area contributed by atoms with E-state index < -0.39 is 17.8 Å². The molecule has 1 fully saturated rings. The molecule has 20 heavy (non-hydrogen) atoms. The van der Waals surface area contributed by atoms with Crippen LogP contribution in [0.25, 0.3) is 0 Å². The van der Waals surface area contributed by atoms with Crippen LogP contribution in [0.3, 0.4) is 0 Å². The van der Waals surface area contributed by atoms with Crippen LogP contribution in [0.5, 0.6) is 0 Å². The molecule has 1 amide bonds. The molecule has 108 valence electrons. The van der Waals surface area contributed by atoms with E-state index in [9.17, 15) is 14.7 Å². The summed E-state index contributed by atoms with van der Waals surface area (Å²) in [6.07, 6.45) is 1.11. The van der Waals surface area contributed by atoms with Crippen LogP contribution in [-0.2, 0) is 9.59 Å². The number of anilines is 1. The second-order valence-corrected chi connectivity index (χ2v) is 6.08. The number of carboxylic acid groups (broad SMARTS) is 1. The fourth-order valence-corrected chi connectivity index (χ4v) is 3.13.